The van der Waals surface area contributed by atoms with Crippen molar-refractivity contribution in [1.29, 1.82) is 0 Å². The van der Waals surface area contributed by atoms with Gasteiger partial charge in [0.2, 0.25) is 0 Å². The summed E-state index contributed by atoms with van der Waals surface area (Å²) in [6.07, 6.45) is 4.60. The van der Waals surface area contributed by atoms with Gasteiger partial charge < -0.3 is 0 Å². The van der Waals surface area contributed by atoms with Crippen LogP contribution in [0.3, 0.4) is 0 Å². The van der Waals surface area contributed by atoms with E-state index < -0.39 is 25.1 Å². The van der Waals surface area contributed by atoms with E-state index >= 15 is 0 Å². The fourth-order valence-corrected chi connectivity index (χ4v) is 3.06. The van der Waals surface area contributed by atoms with Crippen molar-refractivity contribution in [2.24, 2.45) is 0 Å². The Morgan fingerprint density at radius 1 is 1.86 bits per heavy atom. The predicted octanol–water partition coefficient (Wildman–Crippen LogP) is 0.1000. The van der Waals surface area contributed by atoms with Crippen molar-refractivity contribution < 1.29 is 22.7 Å². The molecular formula is C7H12O5PS+. The fourth-order valence-electron chi connectivity index (χ4n) is 0.960. The zero-order valence-corrected chi connectivity index (χ0v) is 9.42. The molecule has 0 amide bonds. The molecule has 1 N–H and O–H groups in total. The second kappa shape index (κ2) is 5.17. The van der Waals surface area contributed by atoms with Crippen LogP contribution in [0.15, 0.2) is 0 Å². The second-order valence-corrected chi connectivity index (χ2v) is 5.90. The van der Waals surface area contributed by atoms with Crippen LogP contribution in [0.25, 0.3) is 0 Å². The molecule has 1 fully saturated rings. The zero-order chi connectivity index (χ0) is 10.6. The molecule has 0 radical (unpaired) electrons. The van der Waals surface area contributed by atoms with Crippen molar-refractivity contribution in [1.82, 2.24) is 0 Å². The Labute approximate surface area is 85.9 Å². The van der Waals surface area contributed by atoms with Gasteiger partial charge >= 0.3 is 8.17 Å². The largest absolute Gasteiger partial charge is 0.572 e. The molecule has 1 saturated heterocycles. The van der Waals surface area contributed by atoms with Crippen LogP contribution in [-0.2, 0) is 24.4 Å². The van der Waals surface area contributed by atoms with Crippen LogP contribution in [0, 0.1) is 12.3 Å². The van der Waals surface area contributed by atoms with Crippen molar-refractivity contribution in [3.05, 3.63) is 0 Å². The summed E-state index contributed by atoms with van der Waals surface area (Å²) in [6.45, 7) is 0.189. The smallest absolute Gasteiger partial charge is 0.258 e. The quantitative estimate of drug-likeness (QED) is 0.556. The molecule has 0 aromatic heterocycles. The van der Waals surface area contributed by atoms with Crippen molar-refractivity contribution in [2.45, 2.75) is 6.10 Å². The van der Waals surface area contributed by atoms with Crippen molar-refractivity contribution in [2.75, 3.05) is 25.2 Å². The number of hydrogen-bond donors (Lipinski definition) is 1. The third kappa shape index (κ3) is 3.28. The van der Waals surface area contributed by atoms with Crippen LogP contribution in [0.5, 0.6) is 0 Å². The van der Waals surface area contributed by atoms with Gasteiger partial charge in [-0.15, -0.1) is 10.9 Å². The minimum atomic E-state index is -3.12. The lowest BCUT2D eigenvalue weighted by molar-refractivity contribution is 0.172. The van der Waals surface area contributed by atoms with Crippen molar-refractivity contribution >= 4 is 19.0 Å². The van der Waals surface area contributed by atoms with Gasteiger partial charge in [-0.25, -0.2) is 0 Å². The van der Waals surface area contributed by atoms with E-state index in [1.54, 1.807) is 0 Å². The third-order valence-corrected chi connectivity index (χ3v) is 4.29. The summed E-state index contributed by atoms with van der Waals surface area (Å²) in [5.74, 6) is 2.74. The summed E-state index contributed by atoms with van der Waals surface area (Å²) in [4.78, 5) is 9.42. The average Bonchev–Trinajstić information content (AvgIpc) is 2.49. The minimum absolute atomic E-state index is 0.184. The molecule has 0 aromatic rings. The Morgan fingerprint density at radius 2 is 2.57 bits per heavy atom. The van der Waals surface area contributed by atoms with Gasteiger partial charge in [0, 0.05) is 10.8 Å². The van der Waals surface area contributed by atoms with Crippen LogP contribution < -0.4 is 0 Å². The van der Waals surface area contributed by atoms with Crippen LogP contribution in [0.2, 0.25) is 0 Å². The summed E-state index contributed by atoms with van der Waals surface area (Å²) in [7, 11) is -2.95. The first-order chi connectivity index (χ1) is 6.59. The lowest BCUT2D eigenvalue weighted by atomic mass is 10.4. The molecule has 3 unspecified atom stereocenters. The van der Waals surface area contributed by atoms with E-state index in [1.807, 2.05) is 0 Å². The van der Waals surface area contributed by atoms with Gasteiger partial charge in [0.05, 0.1) is 18.6 Å². The highest BCUT2D eigenvalue weighted by atomic mass is 32.2. The second-order valence-electron chi connectivity index (χ2n) is 2.63. The molecule has 1 heterocycles. The van der Waals surface area contributed by atoms with Gasteiger partial charge in [-0.1, -0.05) is 5.92 Å². The molecule has 0 spiro atoms. The van der Waals surface area contributed by atoms with Gasteiger partial charge in [-0.05, 0) is 0 Å². The maximum Gasteiger partial charge on any atom is 0.572 e. The zero-order valence-electron chi connectivity index (χ0n) is 7.71. The maximum absolute atomic E-state index is 11.2. The Kier molecular flexibility index (Phi) is 4.45. The standard InChI is InChI=1S/C7H12O5PS/c1-3-4-14(9)6-7-5-11-13(8,10-2)12-7/h1,7-8H,4-6H2,2H3/q+1. The number of hydrogen-bond acceptors (Lipinski definition) is 5. The van der Waals surface area contributed by atoms with Gasteiger partial charge in [0.15, 0.2) is 6.10 Å². The molecule has 0 bridgehead atoms. The summed E-state index contributed by atoms with van der Waals surface area (Å²) >= 11 is 0. The van der Waals surface area contributed by atoms with Crippen LogP contribution >= 0.6 is 8.17 Å². The first-order valence-corrected chi connectivity index (χ1v) is 6.87. The lowest BCUT2D eigenvalue weighted by Crippen LogP contribution is -2.20. The van der Waals surface area contributed by atoms with E-state index in [0.717, 1.165) is 0 Å². The number of terminal acetylenes is 1. The molecule has 3 atom stereocenters. The highest BCUT2D eigenvalue weighted by molar-refractivity contribution is 7.85. The van der Waals surface area contributed by atoms with E-state index in [9.17, 15) is 9.10 Å². The highest BCUT2D eigenvalue weighted by Gasteiger charge is 2.53. The maximum atomic E-state index is 11.2. The molecule has 1 aliphatic rings. The molecule has 80 valence electrons. The topological polar surface area (TPSA) is 65.0 Å². The lowest BCUT2D eigenvalue weighted by Gasteiger charge is -2.05. The van der Waals surface area contributed by atoms with Crippen LogP contribution in [0.4, 0.5) is 0 Å². The molecule has 0 aliphatic carbocycles. The predicted molar refractivity (Wildman–Crippen MR) is 53.7 cm³/mol. The normalized spacial score (nSPS) is 33.9. The van der Waals surface area contributed by atoms with E-state index in [2.05, 4.69) is 10.4 Å². The first kappa shape index (κ1) is 12.1. The van der Waals surface area contributed by atoms with Gasteiger partial charge in [0.1, 0.15) is 6.61 Å². The van der Waals surface area contributed by atoms with Crippen LogP contribution in [-0.4, -0.2) is 40.4 Å². The number of rotatable bonds is 4. The molecule has 0 saturated carbocycles. The molecule has 0 aromatic carbocycles. The van der Waals surface area contributed by atoms with E-state index in [4.69, 9.17) is 15.5 Å². The van der Waals surface area contributed by atoms with E-state index in [0.29, 0.717) is 0 Å². The monoisotopic (exact) mass is 239 g/mol. The minimum Gasteiger partial charge on any atom is -0.258 e. The average molecular weight is 239 g/mol. The van der Waals surface area contributed by atoms with Crippen LogP contribution in [0.1, 0.15) is 0 Å². The molecular weight excluding hydrogens is 227 g/mol. The van der Waals surface area contributed by atoms with Gasteiger partial charge in [-0.3, -0.25) is 4.21 Å². The Morgan fingerprint density at radius 3 is 3.07 bits per heavy atom. The van der Waals surface area contributed by atoms with E-state index in [1.165, 1.54) is 7.11 Å². The Bertz CT molecular complexity index is 265. The summed E-state index contributed by atoms with van der Waals surface area (Å²) in [6, 6.07) is 0. The highest BCUT2D eigenvalue weighted by Crippen LogP contribution is 2.62. The van der Waals surface area contributed by atoms with Gasteiger partial charge in [0.25, 0.3) is 0 Å². The van der Waals surface area contributed by atoms with Gasteiger partial charge in [-0.2, -0.15) is 13.9 Å². The van der Waals surface area contributed by atoms with Crippen molar-refractivity contribution in [3.8, 4) is 12.3 Å². The molecule has 1 aliphatic heterocycles. The summed E-state index contributed by atoms with van der Waals surface area (Å²) in [5, 5.41) is 0. The Balaban J connectivity index is 2.37. The van der Waals surface area contributed by atoms with Crippen molar-refractivity contribution in [3.63, 3.8) is 0 Å². The molecule has 1 rings (SSSR count). The third-order valence-electron chi connectivity index (χ3n) is 1.55. The van der Waals surface area contributed by atoms with E-state index in [-0.39, 0.29) is 18.1 Å². The first-order valence-electron chi connectivity index (χ1n) is 3.88. The SMILES string of the molecule is C#CCS(=O)CC1CO[P+](O)(OC)O1. The molecule has 7 heteroatoms. The summed E-state index contributed by atoms with van der Waals surface area (Å²) in [5.41, 5.74) is 0. The molecule has 14 heavy (non-hydrogen) atoms. The fraction of sp³-hybridized carbons (Fsp3) is 0.714. The molecule has 5 nitrogen and oxygen atoms in total. The summed E-state index contributed by atoms with van der Waals surface area (Å²) < 4.78 is 25.9. The Hall–Kier alpha value is -0.0200.